The molecule has 0 saturated carbocycles. The molecule has 1 fully saturated rings. The van der Waals surface area contributed by atoms with Gasteiger partial charge in [0.15, 0.2) is 5.17 Å². The molecule has 3 aromatic carbocycles. The molecule has 1 aromatic heterocycles. The van der Waals surface area contributed by atoms with Gasteiger partial charge in [-0.25, -0.2) is 9.67 Å². The number of rotatable bonds is 4. The topological polar surface area (TPSA) is 50.5 Å². The van der Waals surface area contributed by atoms with E-state index in [1.165, 1.54) is 11.8 Å². The fourth-order valence-corrected chi connectivity index (χ4v) is 5.28. The van der Waals surface area contributed by atoms with Crippen LogP contribution in [0.5, 0.6) is 0 Å². The molecule has 1 atom stereocenters. The summed E-state index contributed by atoms with van der Waals surface area (Å²) in [6.45, 7) is 0. The number of hydrogen-bond donors (Lipinski definition) is 0. The Hall–Kier alpha value is -3.61. The van der Waals surface area contributed by atoms with Gasteiger partial charge in [0.2, 0.25) is 5.91 Å². The SMILES string of the molecule is O=C1CSC2=NC(c3ccccc3)=C[C@@H](c3cn(-c4ccccc4)nc3-c3ccc(Cl)cc3)N12. The van der Waals surface area contributed by atoms with Gasteiger partial charge >= 0.3 is 0 Å². The first kappa shape index (κ1) is 21.0. The number of hydrogen-bond acceptors (Lipinski definition) is 4. The van der Waals surface area contributed by atoms with Crippen LogP contribution in [0.3, 0.4) is 0 Å². The van der Waals surface area contributed by atoms with Crippen LogP contribution in [0.4, 0.5) is 0 Å². The van der Waals surface area contributed by atoms with Crippen molar-refractivity contribution in [1.82, 2.24) is 14.7 Å². The monoisotopic (exact) mass is 482 g/mol. The fraction of sp³-hybridized carbons (Fsp3) is 0.0741. The van der Waals surface area contributed by atoms with E-state index in [1.807, 2.05) is 95.8 Å². The molecule has 0 radical (unpaired) electrons. The molecule has 0 aliphatic carbocycles. The van der Waals surface area contributed by atoms with Crippen LogP contribution in [-0.2, 0) is 4.79 Å². The lowest BCUT2D eigenvalue weighted by Gasteiger charge is -2.29. The third-order valence-corrected chi connectivity index (χ3v) is 7.07. The van der Waals surface area contributed by atoms with Crippen LogP contribution in [0.15, 0.2) is 102 Å². The van der Waals surface area contributed by atoms with Gasteiger partial charge in [0, 0.05) is 22.3 Å². The van der Waals surface area contributed by atoms with E-state index >= 15 is 0 Å². The number of aliphatic imine (C=N–C) groups is 1. The number of benzene rings is 3. The van der Waals surface area contributed by atoms with Gasteiger partial charge < -0.3 is 0 Å². The minimum Gasteiger partial charge on any atom is -0.279 e. The van der Waals surface area contributed by atoms with Crippen LogP contribution in [0.2, 0.25) is 5.02 Å². The summed E-state index contributed by atoms with van der Waals surface area (Å²) in [5.41, 5.74) is 5.50. The number of amides is 1. The maximum atomic E-state index is 13.0. The normalized spacial score (nSPS) is 17.4. The Morgan fingerprint density at radius 1 is 0.882 bits per heavy atom. The molecule has 4 aromatic rings. The highest BCUT2D eigenvalue weighted by Gasteiger charge is 2.39. The highest BCUT2D eigenvalue weighted by atomic mass is 35.5. The van der Waals surface area contributed by atoms with Gasteiger partial charge in [-0.2, -0.15) is 5.10 Å². The van der Waals surface area contributed by atoms with Gasteiger partial charge in [-0.3, -0.25) is 9.69 Å². The third kappa shape index (κ3) is 3.75. The van der Waals surface area contributed by atoms with E-state index in [1.54, 1.807) is 4.90 Å². The highest BCUT2D eigenvalue weighted by Crippen LogP contribution is 2.41. The summed E-state index contributed by atoms with van der Waals surface area (Å²) in [6.07, 6.45) is 4.08. The number of fused-ring (bicyclic) bond motifs is 1. The maximum Gasteiger partial charge on any atom is 0.239 e. The molecule has 0 spiro atoms. The second-order valence-electron chi connectivity index (χ2n) is 8.03. The zero-order chi connectivity index (χ0) is 23.1. The Balaban J connectivity index is 1.55. The predicted molar refractivity (Wildman–Crippen MR) is 138 cm³/mol. The molecule has 0 unspecified atom stereocenters. The molecule has 7 heteroatoms. The average Bonchev–Trinajstić information content (AvgIpc) is 3.49. The lowest BCUT2D eigenvalue weighted by atomic mass is 9.98. The van der Waals surface area contributed by atoms with Gasteiger partial charge in [-0.1, -0.05) is 84.0 Å². The number of aromatic nitrogens is 2. The van der Waals surface area contributed by atoms with Crippen molar-refractivity contribution >= 4 is 40.1 Å². The van der Waals surface area contributed by atoms with E-state index in [4.69, 9.17) is 21.7 Å². The van der Waals surface area contributed by atoms with Crippen LogP contribution in [0, 0.1) is 0 Å². The van der Waals surface area contributed by atoms with E-state index in [-0.39, 0.29) is 11.9 Å². The molecule has 166 valence electrons. The maximum absolute atomic E-state index is 13.0. The van der Waals surface area contributed by atoms with Crippen LogP contribution < -0.4 is 0 Å². The Kier molecular flexibility index (Phi) is 5.32. The first-order valence-electron chi connectivity index (χ1n) is 10.9. The molecule has 0 bridgehead atoms. The fourth-order valence-electron chi connectivity index (χ4n) is 4.24. The smallest absolute Gasteiger partial charge is 0.239 e. The first-order chi connectivity index (χ1) is 16.7. The van der Waals surface area contributed by atoms with Crippen LogP contribution in [0.1, 0.15) is 17.2 Å². The van der Waals surface area contributed by atoms with Crippen molar-refractivity contribution in [3.8, 4) is 16.9 Å². The first-order valence-corrected chi connectivity index (χ1v) is 12.3. The average molecular weight is 483 g/mol. The minimum atomic E-state index is -0.326. The summed E-state index contributed by atoms with van der Waals surface area (Å²) in [4.78, 5) is 19.6. The van der Waals surface area contributed by atoms with Gasteiger partial charge in [0.05, 0.1) is 28.9 Å². The van der Waals surface area contributed by atoms with E-state index < -0.39 is 0 Å². The van der Waals surface area contributed by atoms with Crippen molar-refractivity contribution in [3.05, 3.63) is 113 Å². The molecular weight excluding hydrogens is 464 g/mol. The summed E-state index contributed by atoms with van der Waals surface area (Å²) < 4.78 is 1.87. The van der Waals surface area contributed by atoms with Crippen molar-refractivity contribution in [1.29, 1.82) is 0 Å². The van der Waals surface area contributed by atoms with Crippen molar-refractivity contribution in [2.24, 2.45) is 4.99 Å². The Morgan fingerprint density at radius 3 is 2.32 bits per heavy atom. The summed E-state index contributed by atoms with van der Waals surface area (Å²) >= 11 is 7.64. The van der Waals surface area contributed by atoms with Gasteiger partial charge in [0.1, 0.15) is 0 Å². The third-order valence-electron chi connectivity index (χ3n) is 5.88. The van der Waals surface area contributed by atoms with E-state index in [0.29, 0.717) is 10.8 Å². The number of amidine groups is 1. The second-order valence-corrected chi connectivity index (χ2v) is 9.41. The second kappa shape index (κ2) is 8.63. The van der Waals surface area contributed by atoms with Gasteiger partial charge in [-0.15, -0.1) is 0 Å². The van der Waals surface area contributed by atoms with E-state index in [0.717, 1.165) is 38.9 Å². The summed E-state index contributed by atoms with van der Waals surface area (Å²) in [6, 6.07) is 27.3. The number of carbonyl (C=O) groups is 1. The standard InChI is InChI=1S/C27H19ClN4OS/c28-20-13-11-19(12-14-20)26-22(16-31(30-26)21-9-5-2-6-10-21)24-15-23(18-7-3-1-4-8-18)29-27-32(24)25(33)17-34-27/h1-16,24H,17H2/t24-/m0/s1. The zero-order valence-electron chi connectivity index (χ0n) is 18.0. The number of para-hydroxylation sites is 1. The molecule has 3 heterocycles. The summed E-state index contributed by atoms with van der Waals surface area (Å²) in [5, 5.41) is 6.34. The Labute approximate surface area is 206 Å². The predicted octanol–water partition coefficient (Wildman–Crippen LogP) is 6.22. The molecule has 6 rings (SSSR count). The number of carbonyl (C=O) groups excluding carboxylic acids is 1. The lowest BCUT2D eigenvalue weighted by molar-refractivity contribution is -0.125. The Morgan fingerprint density at radius 2 is 1.59 bits per heavy atom. The van der Waals surface area contributed by atoms with Crippen molar-refractivity contribution in [2.45, 2.75) is 6.04 Å². The minimum absolute atomic E-state index is 0.0478. The van der Waals surface area contributed by atoms with Crippen molar-refractivity contribution in [3.63, 3.8) is 0 Å². The van der Waals surface area contributed by atoms with E-state index in [9.17, 15) is 4.79 Å². The van der Waals surface area contributed by atoms with Gasteiger partial charge in [0.25, 0.3) is 0 Å². The lowest BCUT2D eigenvalue weighted by Crippen LogP contribution is -2.35. The molecule has 34 heavy (non-hydrogen) atoms. The molecule has 2 aliphatic rings. The molecule has 1 amide bonds. The Bertz CT molecular complexity index is 1430. The van der Waals surface area contributed by atoms with E-state index in [2.05, 4.69) is 6.08 Å². The summed E-state index contributed by atoms with van der Waals surface area (Å²) in [5.74, 6) is 0.431. The highest BCUT2D eigenvalue weighted by molar-refractivity contribution is 8.15. The van der Waals surface area contributed by atoms with Crippen molar-refractivity contribution < 1.29 is 4.79 Å². The molecule has 2 aliphatic heterocycles. The largest absolute Gasteiger partial charge is 0.279 e. The van der Waals surface area contributed by atoms with Crippen molar-refractivity contribution in [2.75, 3.05) is 5.75 Å². The van der Waals surface area contributed by atoms with Crippen LogP contribution in [-0.4, -0.2) is 31.5 Å². The van der Waals surface area contributed by atoms with Gasteiger partial charge in [-0.05, 0) is 35.9 Å². The molecule has 0 N–H and O–H groups in total. The zero-order valence-corrected chi connectivity index (χ0v) is 19.6. The molecule has 5 nitrogen and oxygen atoms in total. The van der Waals surface area contributed by atoms with Crippen LogP contribution in [0.25, 0.3) is 22.6 Å². The van der Waals surface area contributed by atoms with Crippen LogP contribution >= 0.6 is 23.4 Å². The number of nitrogens with zero attached hydrogens (tertiary/aromatic N) is 4. The quantitative estimate of drug-likeness (QED) is 0.347. The molecular formula is C27H19ClN4OS. The number of halogens is 1. The summed E-state index contributed by atoms with van der Waals surface area (Å²) in [7, 11) is 0. The number of thioether (sulfide) groups is 1. The molecule has 1 saturated heterocycles.